The summed E-state index contributed by atoms with van der Waals surface area (Å²) in [6.45, 7) is 12.4. The smallest absolute Gasteiger partial charge is 0.185 e. The van der Waals surface area contributed by atoms with Gasteiger partial charge in [-0.05, 0) is 33.7 Å². The van der Waals surface area contributed by atoms with Crippen LogP contribution >= 0.6 is 23.1 Å². The molecule has 0 radical (unpaired) electrons. The lowest BCUT2D eigenvalue weighted by molar-refractivity contribution is 0.577. The minimum absolute atomic E-state index is 0.343. The average Bonchev–Trinajstić information content (AvgIpc) is 2.84. The van der Waals surface area contributed by atoms with Crippen LogP contribution in [-0.2, 0) is 0 Å². The molecule has 1 aromatic rings. The van der Waals surface area contributed by atoms with Crippen molar-refractivity contribution in [2.24, 2.45) is 0 Å². The van der Waals surface area contributed by atoms with Crippen LogP contribution in [-0.4, -0.2) is 35.1 Å². The highest BCUT2D eigenvalue weighted by Gasteiger charge is 2.28. The van der Waals surface area contributed by atoms with Crippen LogP contribution in [0.25, 0.3) is 0 Å². The van der Waals surface area contributed by atoms with Crippen molar-refractivity contribution in [2.45, 2.75) is 44.9 Å². The van der Waals surface area contributed by atoms with Crippen LogP contribution in [0, 0.1) is 0 Å². The van der Waals surface area contributed by atoms with Crippen molar-refractivity contribution in [1.82, 2.24) is 10.3 Å². The highest BCUT2D eigenvalue weighted by Crippen LogP contribution is 2.34. The Morgan fingerprint density at radius 1 is 1.53 bits per heavy atom. The minimum atomic E-state index is 0.343. The Balaban J connectivity index is 2.00. The first-order chi connectivity index (χ1) is 9.02. The molecule has 0 bridgehead atoms. The van der Waals surface area contributed by atoms with Gasteiger partial charge in [0.15, 0.2) is 5.13 Å². The Morgan fingerprint density at radius 3 is 3.00 bits per heavy atom. The van der Waals surface area contributed by atoms with Gasteiger partial charge in [0.25, 0.3) is 0 Å². The van der Waals surface area contributed by atoms with Gasteiger partial charge in [-0.15, -0.1) is 11.3 Å². The third-order valence-corrected chi connectivity index (χ3v) is 5.87. The molecule has 1 atom stereocenters. The molecule has 108 valence electrons. The maximum atomic E-state index is 4.63. The Hall–Kier alpha value is -0.260. The fourth-order valence-electron chi connectivity index (χ4n) is 2.26. The lowest BCUT2D eigenvalue weighted by atomic mass is 10.2. The van der Waals surface area contributed by atoms with Crippen molar-refractivity contribution in [3.63, 3.8) is 0 Å². The highest BCUT2D eigenvalue weighted by atomic mass is 32.2. The van der Waals surface area contributed by atoms with Gasteiger partial charge in [-0.25, -0.2) is 4.98 Å². The number of hydrogen-bond donors (Lipinski definition) is 1. The Labute approximate surface area is 125 Å². The molecule has 1 aliphatic heterocycles. The van der Waals surface area contributed by atoms with Gasteiger partial charge >= 0.3 is 0 Å². The average molecular weight is 300 g/mol. The van der Waals surface area contributed by atoms with E-state index in [1.54, 1.807) is 0 Å². The van der Waals surface area contributed by atoms with Gasteiger partial charge in [-0.2, -0.15) is 11.8 Å². The third kappa shape index (κ3) is 4.10. The number of hydrogen-bond acceptors (Lipinski definition) is 5. The van der Waals surface area contributed by atoms with Crippen LogP contribution < -0.4 is 10.2 Å². The summed E-state index contributed by atoms with van der Waals surface area (Å²) < 4.78 is 0.343. The first-order valence-corrected chi connectivity index (χ1v) is 8.90. The topological polar surface area (TPSA) is 28.2 Å². The van der Waals surface area contributed by atoms with Crippen LogP contribution in [0.15, 0.2) is 6.20 Å². The van der Waals surface area contributed by atoms with Crippen LogP contribution in [0.1, 0.15) is 45.0 Å². The molecule has 0 amide bonds. The van der Waals surface area contributed by atoms with Crippen molar-refractivity contribution in [3.8, 4) is 0 Å². The van der Waals surface area contributed by atoms with E-state index in [4.69, 9.17) is 0 Å². The second-order valence-corrected chi connectivity index (χ2v) is 8.59. The molecular formula is C14H25N3S2. The molecule has 0 aromatic carbocycles. The van der Waals surface area contributed by atoms with E-state index in [2.05, 4.69) is 54.7 Å². The zero-order chi connectivity index (χ0) is 13.9. The van der Waals surface area contributed by atoms with Crippen LogP contribution in [0.3, 0.4) is 0 Å². The maximum Gasteiger partial charge on any atom is 0.185 e. The molecule has 1 saturated heterocycles. The Kier molecular flexibility index (Phi) is 5.15. The van der Waals surface area contributed by atoms with Crippen molar-refractivity contribution in [3.05, 3.63) is 11.1 Å². The Morgan fingerprint density at radius 2 is 2.32 bits per heavy atom. The molecule has 2 heterocycles. The summed E-state index contributed by atoms with van der Waals surface area (Å²) in [6.07, 6.45) is 3.22. The lowest BCUT2D eigenvalue weighted by Gasteiger charge is -2.37. The van der Waals surface area contributed by atoms with Crippen molar-refractivity contribution >= 4 is 28.2 Å². The molecule has 1 N–H and O–H groups in total. The quantitative estimate of drug-likeness (QED) is 0.900. The zero-order valence-corrected chi connectivity index (χ0v) is 14.0. The summed E-state index contributed by atoms with van der Waals surface area (Å²) in [7, 11) is 0. The molecule has 1 aliphatic rings. The largest absolute Gasteiger partial charge is 0.346 e. The van der Waals surface area contributed by atoms with E-state index in [1.807, 2.05) is 17.5 Å². The number of nitrogens with zero attached hydrogens (tertiary/aromatic N) is 2. The van der Waals surface area contributed by atoms with Gasteiger partial charge in [0.2, 0.25) is 0 Å². The molecule has 2 rings (SSSR count). The predicted octanol–water partition coefficient (Wildman–Crippen LogP) is 3.54. The maximum absolute atomic E-state index is 4.63. The van der Waals surface area contributed by atoms with E-state index in [9.17, 15) is 0 Å². The SMILES string of the molecule is CCCNC(C)c1cnc(N2CCSC(C)(C)C2)s1. The summed E-state index contributed by atoms with van der Waals surface area (Å²) >= 11 is 3.91. The van der Waals surface area contributed by atoms with Crippen molar-refractivity contribution in [1.29, 1.82) is 0 Å². The second kappa shape index (κ2) is 6.46. The molecule has 0 saturated carbocycles. The lowest BCUT2D eigenvalue weighted by Crippen LogP contribution is -2.43. The minimum Gasteiger partial charge on any atom is -0.346 e. The summed E-state index contributed by atoms with van der Waals surface area (Å²) in [4.78, 5) is 8.42. The van der Waals surface area contributed by atoms with Gasteiger partial charge < -0.3 is 10.2 Å². The molecular weight excluding hydrogens is 274 g/mol. The zero-order valence-electron chi connectivity index (χ0n) is 12.4. The molecule has 1 aromatic heterocycles. The molecule has 1 unspecified atom stereocenters. The second-order valence-electron chi connectivity index (χ2n) is 5.75. The Bertz CT molecular complexity index is 403. The summed E-state index contributed by atoms with van der Waals surface area (Å²) in [5.74, 6) is 1.20. The summed E-state index contributed by atoms with van der Waals surface area (Å²) in [6, 6.07) is 0.415. The standard InChI is InChI=1S/C14H25N3S2/c1-5-6-15-11(2)12-9-16-13(19-12)17-7-8-18-14(3,4)10-17/h9,11,15H,5-8,10H2,1-4H3. The summed E-state index contributed by atoms with van der Waals surface area (Å²) in [5, 5.41) is 4.72. The summed E-state index contributed by atoms with van der Waals surface area (Å²) in [5.41, 5.74) is 0. The molecule has 19 heavy (non-hydrogen) atoms. The first kappa shape index (κ1) is 15.1. The van der Waals surface area contributed by atoms with E-state index in [0.29, 0.717) is 10.8 Å². The van der Waals surface area contributed by atoms with Gasteiger partial charge in [0, 0.05) is 40.7 Å². The predicted molar refractivity (Wildman–Crippen MR) is 87.6 cm³/mol. The fourth-order valence-corrected chi connectivity index (χ4v) is 4.34. The number of anilines is 1. The monoisotopic (exact) mass is 299 g/mol. The van der Waals surface area contributed by atoms with Crippen molar-refractivity contribution in [2.75, 3.05) is 30.3 Å². The normalized spacial score (nSPS) is 20.5. The number of aromatic nitrogens is 1. The van der Waals surface area contributed by atoms with E-state index in [0.717, 1.165) is 19.6 Å². The molecule has 0 spiro atoms. The molecule has 5 heteroatoms. The number of thiazole rings is 1. The molecule has 1 fully saturated rings. The van der Waals surface area contributed by atoms with E-state index >= 15 is 0 Å². The van der Waals surface area contributed by atoms with Crippen LogP contribution in [0.5, 0.6) is 0 Å². The fraction of sp³-hybridized carbons (Fsp3) is 0.786. The van der Waals surface area contributed by atoms with E-state index in [-0.39, 0.29) is 0 Å². The third-order valence-electron chi connectivity index (χ3n) is 3.33. The van der Waals surface area contributed by atoms with Gasteiger partial charge in [0.05, 0.1) is 0 Å². The molecule has 0 aliphatic carbocycles. The van der Waals surface area contributed by atoms with E-state index < -0.39 is 0 Å². The first-order valence-electron chi connectivity index (χ1n) is 7.10. The number of nitrogens with one attached hydrogen (secondary N) is 1. The molecule has 3 nitrogen and oxygen atoms in total. The van der Waals surface area contributed by atoms with E-state index in [1.165, 1.54) is 22.2 Å². The number of thioether (sulfide) groups is 1. The highest BCUT2D eigenvalue weighted by molar-refractivity contribution is 8.00. The van der Waals surface area contributed by atoms with Gasteiger partial charge in [0.1, 0.15) is 0 Å². The van der Waals surface area contributed by atoms with Gasteiger partial charge in [-0.1, -0.05) is 6.92 Å². The van der Waals surface area contributed by atoms with Crippen molar-refractivity contribution < 1.29 is 0 Å². The van der Waals surface area contributed by atoms with Gasteiger partial charge in [-0.3, -0.25) is 0 Å². The number of rotatable bonds is 5. The van der Waals surface area contributed by atoms with Crippen LogP contribution in [0.4, 0.5) is 5.13 Å². The van der Waals surface area contributed by atoms with Crippen LogP contribution in [0.2, 0.25) is 0 Å².